The number of aryl methyl sites for hydroxylation is 1. The van der Waals surface area contributed by atoms with Gasteiger partial charge in [-0.1, -0.05) is 0 Å². The van der Waals surface area contributed by atoms with Crippen molar-refractivity contribution in [2.45, 2.75) is 51.1 Å². The molecular formula is C26H31F3N6O4S2. The Morgan fingerprint density at radius 1 is 1.10 bits per heavy atom. The highest BCUT2D eigenvalue weighted by Crippen LogP contribution is 2.35. The largest absolute Gasteiger partial charge is 0.496 e. The maximum Gasteiger partial charge on any atom is 0.435 e. The van der Waals surface area contributed by atoms with Crippen molar-refractivity contribution in [2.24, 2.45) is 0 Å². The molecule has 2 N–H and O–H groups in total. The van der Waals surface area contributed by atoms with Crippen molar-refractivity contribution in [3.63, 3.8) is 0 Å². The van der Waals surface area contributed by atoms with Gasteiger partial charge in [0.05, 0.1) is 24.1 Å². The number of alkyl halides is 3. The molecule has 2 aliphatic rings. The third kappa shape index (κ3) is 6.85. The molecule has 10 nitrogen and oxygen atoms in total. The number of hydrogen-bond donors (Lipinski definition) is 2. The van der Waals surface area contributed by atoms with Gasteiger partial charge in [0.2, 0.25) is 0 Å². The number of methoxy groups -OCH3 is 1. The number of hydrogen-bond acceptors (Lipinski definition) is 10. The van der Waals surface area contributed by atoms with E-state index in [4.69, 9.17) is 13.9 Å². The molecule has 1 atom stereocenters. The molecule has 1 unspecified atom stereocenters. The van der Waals surface area contributed by atoms with Gasteiger partial charge in [0, 0.05) is 66.7 Å². The maximum absolute atomic E-state index is 12.9. The summed E-state index contributed by atoms with van der Waals surface area (Å²) in [5.74, 6) is 1.18. The maximum atomic E-state index is 12.9. The first-order valence-electron chi connectivity index (χ1n) is 13.0. The first-order chi connectivity index (χ1) is 19.4. The molecule has 1 saturated heterocycles. The molecular weight excluding hydrogens is 581 g/mol. The highest BCUT2D eigenvalue weighted by molar-refractivity contribution is 7.86. The van der Waals surface area contributed by atoms with Crippen LogP contribution in [-0.4, -0.2) is 54.5 Å². The Morgan fingerprint density at radius 3 is 2.37 bits per heavy atom. The Balaban J connectivity index is 1.21. The van der Waals surface area contributed by atoms with E-state index in [1.807, 2.05) is 5.38 Å². The highest BCUT2D eigenvalue weighted by atomic mass is 32.2. The number of fused-ring (bicyclic) bond motifs is 1. The molecule has 0 bridgehead atoms. The number of rotatable bonds is 7. The number of ether oxygens (including phenoxy) is 1. The van der Waals surface area contributed by atoms with Crippen molar-refractivity contribution in [3.8, 4) is 11.5 Å². The molecule has 3 aromatic rings. The minimum atomic E-state index is -4.47. The van der Waals surface area contributed by atoms with E-state index in [9.17, 15) is 21.6 Å². The monoisotopic (exact) mass is 612 g/mol. The lowest BCUT2D eigenvalue weighted by molar-refractivity contribution is -0.141. The van der Waals surface area contributed by atoms with Gasteiger partial charge in [-0.25, -0.2) is 9.67 Å². The predicted molar refractivity (Wildman–Crippen MR) is 148 cm³/mol. The van der Waals surface area contributed by atoms with Crippen molar-refractivity contribution in [1.82, 2.24) is 30.3 Å². The summed E-state index contributed by atoms with van der Waals surface area (Å²) in [5, 5.41) is 13.5. The smallest absolute Gasteiger partial charge is 0.435 e. The third-order valence-electron chi connectivity index (χ3n) is 7.12. The second-order valence-electron chi connectivity index (χ2n) is 10.0. The van der Waals surface area contributed by atoms with Crippen molar-refractivity contribution >= 4 is 27.7 Å². The van der Waals surface area contributed by atoms with Crippen LogP contribution in [0, 0.1) is 6.92 Å². The average molecular weight is 613 g/mol. The molecule has 41 heavy (non-hydrogen) atoms. The van der Waals surface area contributed by atoms with Gasteiger partial charge in [0.1, 0.15) is 17.7 Å². The van der Waals surface area contributed by atoms with E-state index in [0.717, 1.165) is 54.5 Å². The summed E-state index contributed by atoms with van der Waals surface area (Å²) in [6, 6.07) is 4.32. The molecule has 5 rings (SSSR count). The zero-order valence-electron chi connectivity index (χ0n) is 22.7. The summed E-state index contributed by atoms with van der Waals surface area (Å²) < 4.78 is 74.3. The van der Waals surface area contributed by atoms with E-state index >= 15 is 0 Å². The van der Waals surface area contributed by atoms with Crippen LogP contribution in [0.1, 0.15) is 58.1 Å². The molecule has 2 aromatic heterocycles. The van der Waals surface area contributed by atoms with Gasteiger partial charge in [-0.2, -0.15) is 26.7 Å². The molecule has 15 heteroatoms. The minimum absolute atomic E-state index is 0.259. The highest BCUT2D eigenvalue weighted by Gasteiger charge is 2.34. The molecule has 2 aliphatic heterocycles. The zero-order valence-corrected chi connectivity index (χ0v) is 24.4. The van der Waals surface area contributed by atoms with Gasteiger partial charge in [-0.3, -0.25) is 10.6 Å². The number of piperidine rings is 1. The average Bonchev–Trinajstić information content (AvgIpc) is 3.48. The molecule has 0 saturated carbocycles. The van der Waals surface area contributed by atoms with Crippen LogP contribution in [0.15, 0.2) is 29.8 Å². The zero-order chi connectivity index (χ0) is 29.4. The van der Waals surface area contributed by atoms with E-state index < -0.39 is 22.0 Å². The number of likely N-dealkylation sites (tertiary alicyclic amines) is 1. The van der Waals surface area contributed by atoms with E-state index in [2.05, 4.69) is 20.6 Å². The Kier molecular flexibility index (Phi) is 8.32. The second-order valence-corrected chi connectivity index (χ2v) is 12.5. The Bertz CT molecular complexity index is 1530. The summed E-state index contributed by atoms with van der Waals surface area (Å²) in [7, 11) is -2.13. The van der Waals surface area contributed by atoms with Crippen LogP contribution in [0.3, 0.4) is 0 Å². The molecule has 1 fully saturated rings. The van der Waals surface area contributed by atoms with Crippen LogP contribution < -0.4 is 19.6 Å². The number of thiazole rings is 1. The topological polar surface area (TPSA) is 111 Å². The first-order valence-corrected chi connectivity index (χ1v) is 15.7. The first kappa shape index (κ1) is 29.4. The van der Waals surface area contributed by atoms with E-state index in [1.165, 1.54) is 4.68 Å². The lowest BCUT2D eigenvalue weighted by Gasteiger charge is -2.30. The molecule has 1 aromatic carbocycles. The fourth-order valence-corrected chi connectivity index (χ4v) is 6.51. The number of nitrogens with zero attached hydrogens (tertiary/aromatic N) is 4. The van der Waals surface area contributed by atoms with Gasteiger partial charge in [-0.05, 0) is 38.0 Å². The summed E-state index contributed by atoms with van der Waals surface area (Å²) in [4.78, 5) is 7.00. The van der Waals surface area contributed by atoms with Gasteiger partial charge < -0.3 is 13.8 Å². The number of nitrogens with one attached hydrogen (secondary N) is 2. The van der Waals surface area contributed by atoms with Crippen LogP contribution in [0.25, 0.3) is 6.20 Å². The Hall–Kier alpha value is -3.14. The van der Waals surface area contributed by atoms with Crippen LogP contribution >= 0.6 is 11.3 Å². The van der Waals surface area contributed by atoms with Crippen molar-refractivity contribution < 1.29 is 30.5 Å². The van der Waals surface area contributed by atoms with Crippen LogP contribution in [0.5, 0.6) is 11.5 Å². The summed E-state index contributed by atoms with van der Waals surface area (Å²) in [6.07, 6.45) is 1.37. The van der Waals surface area contributed by atoms with E-state index in [1.54, 1.807) is 49.9 Å². The van der Waals surface area contributed by atoms with Crippen molar-refractivity contribution in [2.75, 3.05) is 26.5 Å². The molecule has 0 amide bonds. The lowest BCUT2D eigenvalue weighted by atomic mass is 9.98. The van der Waals surface area contributed by atoms with Crippen molar-refractivity contribution in [1.29, 1.82) is 0 Å². The Labute approximate surface area is 240 Å². The van der Waals surface area contributed by atoms with Gasteiger partial charge in [-0.15, -0.1) is 11.3 Å². The summed E-state index contributed by atoms with van der Waals surface area (Å²) in [6.45, 7) is 3.87. The number of aromatic nitrogens is 3. The minimum Gasteiger partial charge on any atom is -0.496 e. The molecule has 0 spiro atoms. The normalized spacial score (nSPS) is 18.9. The lowest BCUT2D eigenvalue weighted by Crippen LogP contribution is -2.31. The number of benzene rings is 1. The van der Waals surface area contributed by atoms with Crippen LogP contribution in [0.4, 0.5) is 13.2 Å². The molecule has 4 heterocycles. The Morgan fingerprint density at radius 2 is 1.76 bits per heavy atom. The molecule has 0 radical (unpaired) electrons. The fraction of sp³-hybridized carbons (Fsp3) is 0.462. The third-order valence-corrected chi connectivity index (χ3v) is 8.63. The molecule has 0 aliphatic carbocycles. The van der Waals surface area contributed by atoms with Gasteiger partial charge in [0.25, 0.3) is 0 Å². The van der Waals surface area contributed by atoms with Gasteiger partial charge in [0.15, 0.2) is 5.69 Å². The predicted octanol–water partition coefficient (Wildman–Crippen LogP) is 4.21. The van der Waals surface area contributed by atoms with E-state index in [-0.39, 0.29) is 17.8 Å². The summed E-state index contributed by atoms with van der Waals surface area (Å²) >= 11 is 1.60. The van der Waals surface area contributed by atoms with Crippen LogP contribution in [0.2, 0.25) is 0 Å². The molecule has 222 valence electrons. The SMILES string of the molecule is COc1ccc(OS(C)(=O)=O)c2c1CNC(c1csc(C3CCN(C=Cn4nc(C(F)(F)F)cc4C)CC3)n1)NC2. The quantitative estimate of drug-likeness (QED) is 0.379. The second kappa shape index (κ2) is 11.6. The summed E-state index contributed by atoms with van der Waals surface area (Å²) in [5.41, 5.74) is 1.89. The number of halogens is 3. The standard InChI is InChI=1S/C26H31F3N6O4S2/c1-16-12-23(26(27,28)29)33-35(16)11-10-34-8-6-17(7-9-34)25-32-20(15-40-25)24-30-13-18-19(14-31-24)22(39-41(3,36)37)5-4-21(18)38-2/h4-5,10-12,15,17,24,30-31H,6-9,13-14H2,1-3H3. The van der Waals surface area contributed by atoms with Crippen molar-refractivity contribution in [3.05, 3.63) is 63.0 Å². The fourth-order valence-electron chi connectivity index (χ4n) is 5.01. The van der Waals surface area contributed by atoms with E-state index in [0.29, 0.717) is 30.1 Å². The van der Waals surface area contributed by atoms with Crippen LogP contribution in [-0.2, 0) is 29.4 Å². The van der Waals surface area contributed by atoms with Gasteiger partial charge >= 0.3 is 16.3 Å².